The van der Waals surface area contributed by atoms with Gasteiger partial charge in [-0.3, -0.25) is 9.59 Å². The van der Waals surface area contributed by atoms with Gasteiger partial charge in [0.15, 0.2) is 0 Å². The van der Waals surface area contributed by atoms with Crippen LogP contribution < -0.4 is 10.6 Å². The van der Waals surface area contributed by atoms with Crippen LogP contribution in [0.25, 0.3) is 6.08 Å². The summed E-state index contributed by atoms with van der Waals surface area (Å²) in [5.74, 6) is -0.283. The molecule has 0 atom stereocenters. The first kappa shape index (κ1) is 17.7. The maximum Gasteiger partial charge on any atom is 0.245 e. The number of carbonyl (C=O) groups excluding carboxylic acids is 2. The van der Waals surface area contributed by atoms with Gasteiger partial charge in [0.2, 0.25) is 11.8 Å². The van der Waals surface area contributed by atoms with Gasteiger partial charge in [0, 0.05) is 18.0 Å². The minimum atomic E-state index is -0.757. The molecule has 6 heteroatoms. The lowest BCUT2D eigenvalue weighted by Crippen LogP contribution is -2.59. The van der Waals surface area contributed by atoms with E-state index < -0.39 is 5.54 Å². The van der Waals surface area contributed by atoms with Gasteiger partial charge in [-0.1, -0.05) is 26.2 Å². The Labute approximate surface area is 141 Å². The molecule has 126 valence electrons. The molecule has 23 heavy (non-hydrogen) atoms. The van der Waals surface area contributed by atoms with Crippen molar-refractivity contribution < 1.29 is 9.59 Å². The van der Waals surface area contributed by atoms with E-state index in [4.69, 9.17) is 0 Å². The van der Waals surface area contributed by atoms with Crippen LogP contribution in [0.4, 0.5) is 0 Å². The second-order valence-corrected chi connectivity index (χ2v) is 7.07. The van der Waals surface area contributed by atoms with E-state index in [0.29, 0.717) is 19.4 Å². The van der Waals surface area contributed by atoms with Gasteiger partial charge in [0.05, 0.1) is 10.7 Å². The lowest BCUT2D eigenvalue weighted by molar-refractivity contribution is -0.133. The molecule has 1 aromatic rings. The van der Waals surface area contributed by atoms with Crippen molar-refractivity contribution in [2.45, 2.75) is 57.9 Å². The summed E-state index contributed by atoms with van der Waals surface area (Å²) in [5.41, 5.74) is 0.0168. The number of aromatic nitrogens is 1. The number of amides is 2. The van der Waals surface area contributed by atoms with Crippen LogP contribution in [0.1, 0.15) is 56.2 Å². The number of carbonyl (C=O) groups is 2. The van der Waals surface area contributed by atoms with Gasteiger partial charge < -0.3 is 10.6 Å². The zero-order valence-corrected chi connectivity index (χ0v) is 14.7. The van der Waals surface area contributed by atoms with Crippen molar-refractivity contribution in [2.24, 2.45) is 0 Å². The topological polar surface area (TPSA) is 71.1 Å². The van der Waals surface area contributed by atoms with E-state index in [2.05, 4.69) is 15.6 Å². The fraction of sp³-hybridized carbons (Fsp3) is 0.588. The van der Waals surface area contributed by atoms with Crippen LogP contribution >= 0.6 is 11.3 Å². The quantitative estimate of drug-likeness (QED) is 0.785. The Morgan fingerprint density at radius 1 is 1.35 bits per heavy atom. The number of aryl methyl sites for hydroxylation is 1. The third-order valence-corrected chi connectivity index (χ3v) is 4.87. The van der Waals surface area contributed by atoms with Gasteiger partial charge in [-0.25, -0.2) is 4.98 Å². The maximum atomic E-state index is 12.5. The number of nitrogens with one attached hydrogen (secondary N) is 2. The zero-order valence-electron chi connectivity index (χ0n) is 13.9. The van der Waals surface area contributed by atoms with Gasteiger partial charge in [-0.2, -0.15) is 0 Å². The summed E-state index contributed by atoms with van der Waals surface area (Å²) >= 11 is 1.55. The molecule has 2 N–H and O–H groups in total. The lowest BCUT2D eigenvalue weighted by Gasteiger charge is -2.36. The molecule has 0 spiro atoms. The molecule has 1 saturated carbocycles. The first-order chi connectivity index (χ1) is 11.1. The highest BCUT2D eigenvalue weighted by atomic mass is 32.1. The molecule has 1 fully saturated rings. The monoisotopic (exact) mass is 335 g/mol. The lowest BCUT2D eigenvalue weighted by atomic mass is 9.80. The molecule has 0 radical (unpaired) electrons. The Hall–Kier alpha value is -1.69. The fourth-order valence-electron chi connectivity index (χ4n) is 2.87. The van der Waals surface area contributed by atoms with Gasteiger partial charge in [0.1, 0.15) is 5.54 Å². The molecule has 1 aromatic heterocycles. The highest BCUT2D eigenvalue weighted by molar-refractivity contribution is 7.09. The van der Waals surface area contributed by atoms with E-state index in [-0.39, 0.29) is 11.8 Å². The average molecular weight is 335 g/mol. The molecule has 5 nitrogen and oxygen atoms in total. The van der Waals surface area contributed by atoms with E-state index >= 15 is 0 Å². The van der Waals surface area contributed by atoms with Gasteiger partial charge in [0.25, 0.3) is 0 Å². The molecule has 0 unspecified atom stereocenters. The standard InChI is InChI=1S/C17H25N3O2S/c1-3-11-18-16(22)17(9-5-4-6-10-17)20-15(21)8-7-14-12-23-13(2)19-14/h7-8,12H,3-6,9-11H2,1-2H3,(H,18,22)(H,20,21)/b8-7+. The number of hydrogen-bond acceptors (Lipinski definition) is 4. The van der Waals surface area contributed by atoms with E-state index in [1.165, 1.54) is 6.08 Å². The summed E-state index contributed by atoms with van der Waals surface area (Å²) in [7, 11) is 0. The third kappa shape index (κ3) is 4.89. The molecular weight excluding hydrogens is 310 g/mol. The molecule has 2 amide bonds. The van der Waals surface area contributed by atoms with Crippen molar-refractivity contribution in [3.63, 3.8) is 0 Å². The SMILES string of the molecule is CCCNC(=O)C1(NC(=O)/C=C/c2csc(C)n2)CCCCC1. The van der Waals surface area contributed by atoms with Crippen LogP contribution in [0.2, 0.25) is 0 Å². The van der Waals surface area contributed by atoms with Crippen LogP contribution in [0.15, 0.2) is 11.5 Å². The van der Waals surface area contributed by atoms with Crippen LogP contribution in [0.3, 0.4) is 0 Å². The number of thiazole rings is 1. The Balaban J connectivity index is 2.03. The summed E-state index contributed by atoms with van der Waals surface area (Å²) in [6.07, 6.45) is 8.52. The highest BCUT2D eigenvalue weighted by Crippen LogP contribution is 2.28. The number of nitrogens with zero attached hydrogens (tertiary/aromatic N) is 1. The van der Waals surface area contributed by atoms with E-state index in [1.54, 1.807) is 17.4 Å². The van der Waals surface area contributed by atoms with E-state index in [9.17, 15) is 9.59 Å². The van der Waals surface area contributed by atoms with E-state index in [0.717, 1.165) is 36.4 Å². The minimum Gasteiger partial charge on any atom is -0.354 e. The molecule has 1 heterocycles. The number of hydrogen-bond donors (Lipinski definition) is 2. The molecule has 1 aliphatic rings. The largest absolute Gasteiger partial charge is 0.354 e. The molecule has 0 saturated heterocycles. The van der Waals surface area contributed by atoms with Crippen molar-refractivity contribution in [2.75, 3.05) is 6.54 Å². The van der Waals surface area contributed by atoms with E-state index in [1.807, 2.05) is 19.2 Å². The Morgan fingerprint density at radius 3 is 2.70 bits per heavy atom. The summed E-state index contributed by atoms with van der Waals surface area (Å²) in [5, 5.41) is 8.76. The van der Waals surface area contributed by atoms with Gasteiger partial charge in [-0.05, 0) is 32.3 Å². The van der Waals surface area contributed by atoms with Crippen molar-refractivity contribution in [1.82, 2.24) is 15.6 Å². The molecule has 0 aromatic carbocycles. The summed E-state index contributed by atoms with van der Waals surface area (Å²) < 4.78 is 0. The first-order valence-electron chi connectivity index (χ1n) is 8.26. The fourth-order valence-corrected chi connectivity index (χ4v) is 3.45. The third-order valence-electron chi connectivity index (χ3n) is 4.08. The predicted molar refractivity (Wildman–Crippen MR) is 93.1 cm³/mol. The maximum absolute atomic E-state index is 12.5. The van der Waals surface area contributed by atoms with Crippen LogP contribution in [0, 0.1) is 6.92 Å². The Bertz CT molecular complexity index is 574. The summed E-state index contributed by atoms with van der Waals surface area (Å²) in [6.45, 7) is 4.59. The van der Waals surface area contributed by atoms with Crippen molar-refractivity contribution in [1.29, 1.82) is 0 Å². The average Bonchev–Trinajstić information content (AvgIpc) is 2.97. The molecule has 0 bridgehead atoms. The Morgan fingerprint density at radius 2 is 2.09 bits per heavy atom. The zero-order chi connectivity index (χ0) is 16.7. The Kier molecular flexibility index (Phi) is 6.33. The van der Waals surface area contributed by atoms with Gasteiger partial charge >= 0.3 is 0 Å². The molecule has 1 aliphatic carbocycles. The van der Waals surface area contributed by atoms with Crippen molar-refractivity contribution in [3.8, 4) is 0 Å². The van der Waals surface area contributed by atoms with Gasteiger partial charge in [-0.15, -0.1) is 11.3 Å². The highest BCUT2D eigenvalue weighted by Gasteiger charge is 2.40. The van der Waals surface area contributed by atoms with Crippen LogP contribution in [-0.4, -0.2) is 28.9 Å². The molecule has 0 aliphatic heterocycles. The smallest absolute Gasteiger partial charge is 0.245 e. The normalized spacial score (nSPS) is 17.1. The molecular formula is C17H25N3O2S. The second kappa shape index (κ2) is 8.24. The predicted octanol–water partition coefficient (Wildman–Crippen LogP) is 2.81. The summed E-state index contributed by atoms with van der Waals surface area (Å²) in [6, 6.07) is 0. The van der Waals surface area contributed by atoms with Crippen LogP contribution in [0.5, 0.6) is 0 Å². The minimum absolute atomic E-state index is 0.0506. The molecule has 2 rings (SSSR count). The number of rotatable bonds is 6. The van der Waals surface area contributed by atoms with Crippen molar-refractivity contribution >= 4 is 29.2 Å². The second-order valence-electron chi connectivity index (χ2n) is 6.01. The van der Waals surface area contributed by atoms with Crippen molar-refractivity contribution in [3.05, 3.63) is 22.2 Å². The van der Waals surface area contributed by atoms with Crippen LogP contribution in [-0.2, 0) is 9.59 Å². The first-order valence-corrected chi connectivity index (χ1v) is 9.14. The summed E-state index contributed by atoms with van der Waals surface area (Å²) in [4.78, 5) is 29.1.